The van der Waals surface area contributed by atoms with Gasteiger partial charge in [0.1, 0.15) is 17.9 Å². The number of amides is 5. The number of nitrogens with zero attached hydrogens (tertiary/aromatic N) is 2. The Morgan fingerprint density at radius 2 is 1.90 bits per heavy atom. The molecule has 2 aromatic carbocycles. The number of benzene rings is 2. The van der Waals surface area contributed by atoms with E-state index >= 15 is 0 Å². The molecule has 2 N–H and O–H groups in total. The van der Waals surface area contributed by atoms with Crippen LogP contribution >= 0.6 is 0 Å². The Morgan fingerprint density at radius 1 is 1.16 bits per heavy atom. The molecule has 0 aliphatic carbocycles. The standard InChI is InChI=1S/C22H21FN4O4/c1-22(14-7-9-15(23)10-8-14)20(30)27(21(31)25-22)13-18(28)24-16-4-2-5-17(12-16)26-11-3-6-19(26)29/h2,4-5,7-10,12H,3,6,11,13H2,1H3,(H,24,28)(H,25,31). The first kappa shape index (κ1) is 20.5. The van der Waals surface area contributed by atoms with Gasteiger partial charge in [-0.2, -0.15) is 0 Å². The van der Waals surface area contributed by atoms with E-state index in [0.29, 0.717) is 29.9 Å². The molecule has 31 heavy (non-hydrogen) atoms. The summed E-state index contributed by atoms with van der Waals surface area (Å²) in [7, 11) is 0. The average Bonchev–Trinajstić information content (AvgIpc) is 3.25. The fraction of sp³-hybridized carbons (Fsp3) is 0.273. The normalized spacial score (nSPS) is 20.9. The zero-order valence-electron chi connectivity index (χ0n) is 16.9. The van der Waals surface area contributed by atoms with Crippen LogP contribution in [0.25, 0.3) is 0 Å². The topological polar surface area (TPSA) is 98.8 Å². The largest absolute Gasteiger partial charge is 0.325 e. The predicted octanol–water partition coefficient (Wildman–Crippen LogP) is 2.36. The minimum Gasteiger partial charge on any atom is -0.324 e. The number of halogens is 1. The monoisotopic (exact) mass is 424 g/mol. The van der Waals surface area contributed by atoms with Crippen LogP contribution in [0.1, 0.15) is 25.3 Å². The summed E-state index contributed by atoms with van der Waals surface area (Å²) < 4.78 is 13.2. The van der Waals surface area contributed by atoms with Crippen LogP contribution in [0.3, 0.4) is 0 Å². The molecule has 4 rings (SSSR count). The molecule has 2 aliphatic rings. The van der Waals surface area contributed by atoms with Crippen molar-refractivity contribution in [3.05, 3.63) is 59.9 Å². The summed E-state index contributed by atoms with van der Waals surface area (Å²) in [6.45, 7) is 1.66. The molecule has 2 aliphatic heterocycles. The van der Waals surface area contributed by atoms with Gasteiger partial charge in [-0.3, -0.25) is 19.3 Å². The number of rotatable bonds is 5. The average molecular weight is 424 g/mol. The molecular weight excluding hydrogens is 403 g/mol. The van der Waals surface area contributed by atoms with Crippen LogP contribution in [-0.2, 0) is 19.9 Å². The van der Waals surface area contributed by atoms with Crippen LogP contribution in [0.15, 0.2) is 48.5 Å². The number of carbonyl (C=O) groups is 4. The minimum absolute atomic E-state index is 0.0305. The quantitative estimate of drug-likeness (QED) is 0.720. The third-order valence-electron chi connectivity index (χ3n) is 5.51. The molecule has 9 heteroatoms. The van der Waals surface area contributed by atoms with E-state index < -0.39 is 35.7 Å². The van der Waals surface area contributed by atoms with Crippen molar-refractivity contribution in [3.8, 4) is 0 Å². The summed E-state index contributed by atoms with van der Waals surface area (Å²) in [6, 6.07) is 11.4. The first-order valence-electron chi connectivity index (χ1n) is 9.88. The highest BCUT2D eigenvalue weighted by atomic mass is 19.1. The number of hydrogen-bond acceptors (Lipinski definition) is 4. The summed E-state index contributed by atoms with van der Waals surface area (Å²) >= 11 is 0. The van der Waals surface area contributed by atoms with Crippen molar-refractivity contribution in [2.75, 3.05) is 23.3 Å². The van der Waals surface area contributed by atoms with Gasteiger partial charge < -0.3 is 15.5 Å². The molecule has 0 bridgehead atoms. The number of anilines is 2. The van der Waals surface area contributed by atoms with Crippen molar-refractivity contribution < 1.29 is 23.6 Å². The van der Waals surface area contributed by atoms with Crippen molar-refractivity contribution in [1.29, 1.82) is 0 Å². The van der Waals surface area contributed by atoms with Gasteiger partial charge in [0.2, 0.25) is 11.8 Å². The van der Waals surface area contributed by atoms with Crippen molar-refractivity contribution in [2.45, 2.75) is 25.3 Å². The van der Waals surface area contributed by atoms with Crippen LogP contribution in [0.2, 0.25) is 0 Å². The molecule has 2 aromatic rings. The van der Waals surface area contributed by atoms with Gasteiger partial charge in [0.25, 0.3) is 5.91 Å². The molecule has 8 nitrogen and oxygen atoms in total. The summed E-state index contributed by atoms with van der Waals surface area (Å²) in [5.74, 6) is -1.59. The molecular formula is C22H21FN4O4. The molecule has 0 radical (unpaired) electrons. The van der Waals surface area contributed by atoms with Crippen LogP contribution in [0.5, 0.6) is 0 Å². The van der Waals surface area contributed by atoms with Crippen LogP contribution in [-0.4, -0.2) is 41.7 Å². The molecule has 160 valence electrons. The Kier molecular flexibility index (Phi) is 5.18. The molecule has 0 aromatic heterocycles. The van der Waals surface area contributed by atoms with E-state index in [0.717, 1.165) is 11.3 Å². The fourth-order valence-electron chi connectivity index (χ4n) is 3.84. The molecule has 2 heterocycles. The lowest BCUT2D eigenvalue weighted by atomic mass is 9.92. The number of carbonyl (C=O) groups excluding carboxylic acids is 4. The van der Waals surface area contributed by atoms with Gasteiger partial charge in [0, 0.05) is 24.3 Å². The highest BCUT2D eigenvalue weighted by Crippen LogP contribution is 2.29. The summed E-state index contributed by atoms with van der Waals surface area (Å²) in [6.07, 6.45) is 1.28. The highest BCUT2D eigenvalue weighted by molar-refractivity contribution is 6.10. The second-order valence-electron chi connectivity index (χ2n) is 7.70. The van der Waals surface area contributed by atoms with Crippen molar-refractivity contribution >= 4 is 35.1 Å². The number of imide groups is 1. The number of hydrogen-bond donors (Lipinski definition) is 2. The Balaban J connectivity index is 1.45. The van der Waals surface area contributed by atoms with E-state index in [4.69, 9.17) is 0 Å². The Labute approximate surface area is 178 Å². The van der Waals surface area contributed by atoms with Crippen LogP contribution in [0, 0.1) is 5.82 Å². The number of nitrogens with one attached hydrogen (secondary N) is 2. The zero-order chi connectivity index (χ0) is 22.2. The van der Waals surface area contributed by atoms with Gasteiger partial charge in [-0.1, -0.05) is 18.2 Å². The lowest BCUT2D eigenvalue weighted by molar-refractivity contribution is -0.133. The van der Waals surface area contributed by atoms with E-state index in [1.165, 1.54) is 31.2 Å². The number of urea groups is 1. The first-order chi connectivity index (χ1) is 14.8. The highest BCUT2D eigenvalue weighted by Gasteiger charge is 2.49. The molecule has 0 spiro atoms. The zero-order valence-corrected chi connectivity index (χ0v) is 16.9. The van der Waals surface area contributed by atoms with Crippen molar-refractivity contribution in [3.63, 3.8) is 0 Å². The maximum atomic E-state index is 13.2. The molecule has 2 fully saturated rings. The molecule has 1 unspecified atom stereocenters. The molecule has 1 atom stereocenters. The fourth-order valence-corrected chi connectivity index (χ4v) is 3.84. The SMILES string of the molecule is CC1(c2ccc(F)cc2)NC(=O)N(CC(=O)Nc2cccc(N3CCCC3=O)c2)C1=O. The maximum Gasteiger partial charge on any atom is 0.325 e. The second kappa shape index (κ2) is 7.82. The first-order valence-corrected chi connectivity index (χ1v) is 9.88. The van der Waals surface area contributed by atoms with Crippen molar-refractivity contribution in [1.82, 2.24) is 10.2 Å². The van der Waals surface area contributed by atoms with E-state index in [2.05, 4.69) is 10.6 Å². The molecule has 2 saturated heterocycles. The minimum atomic E-state index is -1.39. The van der Waals surface area contributed by atoms with E-state index in [1.54, 1.807) is 29.2 Å². The third kappa shape index (κ3) is 3.86. The Hall–Kier alpha value is -3.75. The second-order valence-corrected chi connectivity index (χ2v) is 7.70. The smallest absolute Gasteiger partial charge is 0.324 e. The summed E-state index contributed by atoms with van der Waals surface area (Å²) in [5.41, 5.74) is 0.161. The summed E-state index contributed by atoms with van der Waals surface area (Å²) in [4.78, 5) is 52.2. The van der Waals surface area contributed by atoms with E-state index in [1.807, 2.05) is 0 Å². The molecule has 5 amide bonds. The van der Waals surface area contributed by atoms with Gasteiger partial charge in [-0.25, -0.2) is 9.18 Å². The van der Waals surface area contributed by atoms with E-state index in [9.17, 15) is 23.6 Å². The van der Waals surface area contributed by atoms with E-state index in [-0.39, 0.29) is 5.91 Å². The predicted molar refractivity (Wildman–Crippen MR) is 111 cm³/mol. The Bertz CT molecular complexity index is 1070. The van der Waals surface area contributed by atoms with Crippen LogP contribution in [0.4, 0.5) is 20.6 Å². The van der Waals surface area contributed by atoms with Gasteiger partial charge in [-0.05, 0) is 49.2 Å². The lowest BCUT2D eigenvalue weighted by Crippen LogP contribution is -2.42. The van der Waals surface area contributed by atoms with Gasteiger partial charge in [0.15, 0.2) is 0 Å². The maximum absolute atomic E-state index is 13.2. The Morgan fingerprint density at radius 3 is 2.58 bits per heavy atom. The molecule has 0 saturated carbocycles. The van der Waals surface area contributed by atoms with Gasteiger partial charge in [-0.15, -0.1) is 0 Å². The lowest BCUT2D eigenvalue weighted by Gasteiger charge is -2.22. The third-order valence-corrected chi connectivity index (χ3v) is 5.51. The van der Waals surface area contributed by atoms with Gasteiger partial charge >= 0.3 is 6.03 Å². The summed E-state index contributed by atoms with van der Waals surface area (Å²) in [5, 5.41) is 5.24. The van der Waals surface area contributed by atoms with Crippen molar-refractivity contribution in [2.24, 2.45) is 0 Å². The van der Waals surface area contributed by atoms with Crippen LogP contribution < -0.4 is 15.5 Å². The van der Waals surface area contributed by atoms with Gasteiger partial charge in [0.05, 0.1) is 0 Å².